The fourth-order valence-electron chi connectivity index (χ4n) is 0.629. The van der Waals surface area contributed by atoms with E-state index in [0.717, 1.165) is 12.8 Å². The van der Waals surface area contributed by atoms with Gasteiger partial charge in [-0.1, -0.05) is 13.3 Å². The van der Waals surface area contributed by atoms with E-state index in [1.807, 2.05) is 13.8 Å². The Kier molecular flexibility index (Phi) is 5.30. The van der Waals surface area contributed by atoms with E-state index in [4.69, 9.17) is 4.74 Å². The molecule has 0 heterocycles. The second-order valence-electron chi connectivity index (χ2n) is 2.43. The Hall–Kier alpha value is 0.310. The summed E-state index contributed by atoms with van der Waals surface area (Å²) in [7, 11) is 0. The highest BCUT2D eigenvalue weighted by Gasteiger charge is 2.02. The van der Waals surface area contributed by atoms with Crippen LogP contribution in [0.1, 0.15) is 33.6 Å². The molecule has 1 nitrogen and oxygen atoms in total. The third kappa shape index (κ3) is 6.19. The predicted molar refractivity (Wildman–Crippen MR) is 43.9 cm³/mol. The molecule has 0 aromatic heterocycles. The quantitative estimate of drug-likeness (QED) is 0.476. The van der Waals surface area contributed by atoms with Crippen molar-refractivity contribution in [1.82, 2.24) is 0 Å². The number of ether oxygens (including phenoxy) is 1. The molecule has 0 saturated carbocycles. The first-order valence-electron chi connectivity index (χ1n) is 3.50. The van der Waals surface area contributed by atoms with Crippen molar-refractivity contribution in [2.45, 2.75) is 45.2 Å². The molecule has 1 atom stereocenters. The van der Waals surface area contributed by atoms with Crippen LogP contribution in [0.3, 0.4) is 0 Å². The number of hydrogen-bond acceptors (Lipinski definition) is 2. The van der Waals surface area contributed by atoms with Crippen molar-refractivity contribution in [2.75, 3.05) is 0 Å². The molecular formula is C7H16OS. The van der Waals surface area contributed by atoms with E-state index >= 15 is 0 Å². The predicted octanol–water partition coefficient (Wildman–Crippen LogP) is 2.47. The van der Waals surface area contributed by atoms with Gasteiger partial charge in [-0.25, -0.2) is 0 Å². The van der Waals surface area contributed by atoms with Crippen molar-refractivity contribution in [3.8, 4) is 0 Å². The largest absolute Gasteiger partial charge is 0.365 e. The van der Waals surface area contributed by atoms with Crippen LogP contribution in [0.4, 0.5) is 0 Å². The molecule has 0 aliphatic rings. The molecule has 0 aliphatic heterocycles. The molecule has 0 fully saturated rings. The van der Waals surface area contributed by atoms with Gasteiger partial charge in [0.05, 0.1) is 6.10 Å². The van der Waals surface area contributed by atoms with Crippen LogP contribution in [-0.2, 0) is 4.74 Å². The monoisotopic (exact) mass is 148 g/mol. The van der Waals surface area contributed by atoms with E-state index in [1.165, 1.54) is 0 Å². The molecule has 0 spiro atoms. The molecule has 0 aromatic rings. The maximum Gasteiger partial charge on any atom is 0.100 e. The normalized spacial score (nSPS) is 14.3. The van der Waals surface area contributed by atoms with Crippen molar-refractivity contribution in [2.24, 2.45) is 0 Å². The summed E-state index contributed by atoms with van der Waals surface area (Å²) >= 11 is 4.23. The minimum atomic E-state index is 0.134. The summed E-state index contributed by atoms with van der Waals surface area (Å²) in [5.41, 5.74) is 0.134. The highest BCUT2D eigenvalue weighted by molar-refractivity contribution is 7.80. The molecule has 1 unspecified atom stereocenters. The van der Waals surface area contributed by atoms with Gasteiger partial charge in [-0.2, -0.15) is 0 Å². The Morgan fingerprint density at radius 3 is 2.33 bits per heavy atom. The third-order valence-corrected chi connectivity index (χ3v) is 1.34. The highest BCUT2D eigenvalue weighted by Crippen LogP contribution is 2.08. The van der Waals surface area contributed by atoms with Gasteiger partial charge in [0.1, 0.15) is 5.44 Å². The summed E-state index contributed by atoms with van der Waals surface area (Å²) < 4.78 is 5.35. The maximum atomic E-state index is 5.35. The molecule has 0 amide bonds. The topological polar surface area (TPSA) is 9.23 Å². The van der Waals surface area contributed by atoms with E-state index < -0.39 is 0 Å². The molecule has 0 aliphatic carbocycles. The Labute approximate surface area is 63.2 Å². The lowest BCUT2D eigenvalue weighted by Crippen LogP contribution is -2.11. The van der Waals surface area contributed by atoms with Gasteiger partial charge in [0.2, 0.25) is 0 Å². The molecule has 9 heavy (non-hydrogen) atoms. The van der Waals surface area contributed by atoms with Crippen molar-refractivity contribution in [3.63, 3.8) is 0 Å². The number of thiol groups is 1. The summed E-state index contributed by atoms with van der Waals surface area (Å²) in [5.74, 6) is 0. The molecule has 0 N–H and O–H groups in total. The van der Waals surface area contributed by atoms with E-state index in [2.05, 4.69) is 19.6 Å². The molecule has 56 valence electrons. The summed E-state index contributed by atoms with van der Waals surface area (Å²) in [6.07, 6.45) is 2.49. The van der Waals surface area contributed by atoms with Crippen molar-refractivity contribution >= 4 is 12.6 Å². The first kappa shape index (κ1) is 9.31. The Balaban J connectivity index is 3.15. The second kappa shape index (κ2) is 5.12. The Morgan fingerprint density at radius 1 is 1.44 bits per heavy atom. The van der Waals surface area contributed by atoms with Gasteiger partial charge in [-0.15, -0.1) is 12.6 Å². The standard InChI is InChI=1S/C7H16OS/c1-4-5-7(9)8-6(2)3/h6-7,9H,4-5H2,1-3H3. The molecule has 0 bridgehead atoms. The zero-order valence-electron chi connectivity index (χ0n) is 6.42. The summed E-state index contributed by atoms with van der Waals surface area (Å²) in [6, 6.07) is 0. The molecule has 0 saturated heterocycles. The fraction of sp³-hybridized carbons (Fsp3) is 1.00. The number of hydrogen-bond donors (Lipinski definition) is 1. The minimum Gasteiger partial charge on any atom is -0.365 e. The highest BCUT2D eigenvalue weighted by atomic mass is 32.1. The fourth-order valence-corrected chi connectivity index (χ4v) is 1.13. The first-order valence-corrected chi connectivity index (χ1v) is 4.02. The van der Waals surface area contributed by atoms with Crippen molar-refractivity contribution < 1.29 is 4.74 Å². The summed E-state index contributed by atoms with van der Waals surface area (Å²) in [4.78, 5) is 0. The van der Waals surface area contributed by atoms with Crippen LogP contribution in [-0.4, -0.2) is 11.5 Å². The molecule has 2 heteroatoms. The summed E-state index contributed by atoms with van der Waals surface area (Å²) in [6.45, 7) is 6.19. The first-order chi connectivity index (χ1) is 4.16. The van der Waals surface area contributed by atoms with Crippen LogP contribution in [0.5, 0.6) is 0 Å². The van der Waals surface area contributed by atoms with E-state index in [1.54, 1.807) is 0 Å². The zero-order chi connectivity index (χ0) is 7.28. The molecule has 0 aromatic carbocycles. The number of rotatable bonds is 4. The average molecular weight is 148 g/mol. The van der Waals surface area contributed by atoms with Gasteiger partial charge in [-0.05, 0) is 20.3 Å². The maximum absolute atomic E-state index is 5.35. The average Bonchev–Trinajstić information content (AvgIpc) is 1.63. The lowest BCUT2D eigenvalue weighted by atomic mass is 10.3. The summed E-state index contributed by atoms with van der Waals surface area (Å²) in [5, 5.41) is 0. The van der Waals surface area contributed by atoms with Gasteiger partial charge in [0.25, 0.3) is 0 Å². The molecule has 0 rings (SSSR count). The van der Waals surface area contributed by atoms with E-state index in [-0.39, 0.29) is 5.44 Å². The van der Waals surface area contributed by atoms with Crippen molar-refractivity contribution in [1.29, 1.82) is 0 Å². The second-order valence-corrected chi connectivity index (χ2v) is 3.00. The van der Waals surface area contributed by atoms with Gasteiger partial charge in [0.15, 0.2) is 0 Å². The Bertz CT molecular complexity index is 63.9. The van der Waals surface area contributed by atoms with Gasteiger partial charge >= 0.3 is 0 Å². The SMILES string of the molecule is CCCC(S)OC(C)C. The van der Waals surface area contributed by atoms with Gasteiger partial charge in [-0.3, -0.25) is 0 Å². The van der Waals surface area contributed by atoms with E-state index in [0.29, 0.717) is 6.10 Å². The Morgan fingerprint density at radius 2 is 2.00 bits per heavy atom. The van der Waals surface area contributed by atoms with Crippen LogP contribution >= 0.6 is 12.6 Å². The van der Waals surface area contributed by atoms with Crippen LogP contribution < -0.4 is 0 Å². The lowest BCUT2D eigenvalue weighted by Gasteiger charge is -2.13. The lowest BCUT2D eigenvalue weighted by molar-refractivity contribution is 0.0560. The van der Waals surface area contributed by atoms with Crippen molar-refractivity contribution in [3.05, 3.63) is 0 Å². The van der Waals surface area contributed by atoms with E-state index in [9.17, 15) is 0 Å². The third-order valence-electron chi connectivity index (χ3n) is 0.965. The minimum absolute atomic E-state index is 0.134. The smallest absolute Gasteiger partial charge is 0.100 e. The molecule has 0 radical (unpaired) electrons. The van der Waals surface area contributed by atoms with Crippen LogP contribution in [0.25, 0.3) is 0 Å². The van der Waals surface area contributed by atoms with Gasteiger partial charge in [0, 0.05) is 0 Å². The van der Waals surface area contributed by atoms with Crippen LogP contribution in [0, 0.1) is 0 Å². The zero-order valence-corrected chi connectivity index (χ0v) is 7.32. The molecular weight excluding hydrogens is 132 g/mol. The van der Waals surface area contributed by atoms with Crippen LogP contribution in [0.2, 0.25) is 0 Å². The van der Waals surface area contributed by atoms with Crippen LogP contribution in [0.15, 0.2) is 0 Å². The van der Waals surface area contributed by atoms with Gasteiger partial charge < -0.3 is 4.74 Å².